The molecule has 2 N–H and O–H groups in total. The Balaban J connectivity index is 2.16. The first kappa shape index (κ1) is 11.0. The Morgan fingerprint density at radius 2 is 2.00 bits per heavy atom. The third-order valence-electron chi connectivity index (χ3n) is 2.66. The zero-order valence-corrected chi connectivity index (χ0v) is 9.19. The first-order chi connectivity index (χ1) is 7.83. The minimum Gasteiger partial charge on any atom is -0.408 e. The molecule has 1 aromatic carbocycles. The highest BCUT2D eigenvalue weighted by Gasteiger charge is 2.06. The van der Waals surface area contributed by atoms with E-state index in [1.54, 1.807) is 4.57 Å². The van der Waals surface area contributed by atoms with E-state index in [0.717, 1.165) is 24.8 Å². The number of hydrogen-bond acceptors (Lipinski definition) is 3. The smallest absolute Gasteiger partial charge is 0.408 e. The van der Waals surface area contributed by atoms with Crippen LogP contribution in [0.25, 0.3) is 11.1 Å². The molecule has 0 aliphatic heterocycles. The highest BCUT2D eigenvalue weighted by atomic mass is 16.4. The van der Waals surface area contributed by atoms with Crippen molar-refractivity contribution >= 4 is 11.1 Å². The Bertz CT molecular complexity index is 513. The molecule has 0 fully saturated rings. The number of aryl methyl sites for hydroxylation is 1. The average Bonchev–Trinajstić information content (AvgIpc) is 2.61. The second kappa shape index (κ2) is 4.99. The molecular formula is C12H16N2O2. The molecule has 0 unspecified atom stereocenters. The van der Waals surface area contributed by atoms with Crippen molar-refractivity contribution < 1.29 is 4.42 Å². The van der Waals surface area contributed by atoms with Crippen LogP contribution in [0.5, 0.6) is 0 Å². The summed E-state index contributed by atoms with van der Waals surface area (Å²) in [7, 11) is 0. The molecule has 2 rings (SSSR count). The second-order valence-electron chi connectivity index (χ2n) is 3.84. The van der Waals surface area contributed by atoms with E-state index in [2.05, 4.69) is 0 Å². The summed E-state index contributed by atoms with van der Waals surface area (Å²) in [5, 5.41) is 0. The molecular weight excluding hydrogens is 204 g/mol. The van der Waals surface area contributed by atoms with Crippen LogP contribution in [0.2, 0.25) is 0 Å². The van der Waals surface area contributed by atoms with Crippen molar-refractivity contribution in [1.82, 2.24) is 4.57 Å². The van der Waals surface area contributed by atoms with Gasteiger partial charge in [-0.05, 0) is 31.5 Å². The largest absolute Gasteiger partial charge is 0.419 e. The summed E-state index contributed by atoms with van der Waals surface area (Å²) in [6.45, 7) is 1.41. The summed E-state index contributed by atoms with van der Waals surface area (Å²) in [6.07, 6.45) is 3.01. The first-order valence-electron chi connectivity index (χ1n) is 5.61. The molecule has 0 radical (unpaired) electrons. The maximum absolute atomic E-state index is 11.6. The van der Waals surface area contributed by atoms with Crippen LogP contribution in [0.15, 0.2) is 33.5 Å². The van der Waals surface area contributed by atoms with Crippen LogP contribution in [0.4, 0.5) is 0 Å². The Morgan fingerprint density at radius 3 is 2.81 bits per heavy atom. The lowest BCUT2D eigenvalue weighted by molar-refractivity contribution is 0.490. The van der Waals surface area contributed by atoms with Gasteiger partial charge >= 0.3 is 5.76 Å². The minimum atomic E-state index is -0.269. The quantitative estimate of drug-likeness (QED) is 0.780. The molecule has 1 aromatic heterocycles. The van der Waals surface area contributed by atoms with Gasteiger partial charge in [0.05, 0.1) is 5.52 Å². The topological polar surface area (TPSA) is 61.2 Å². The van der Waals surface area contributed by atoms with Crippen molar-refractivity contribution in [2.75, 3.05) is 6.54 Å². The van der Waals surface area contributed by atoms with Gasteiger partial charge in [-0.1, -0.05) is 18.6 Å². The van der Waals surface area contributed by atoms with E-state index < -0.39 is 0 Å². The number of para-hydroxylation sites is 2. The van der Waals surface area contributed by atoms with Gasteiger partial charge in [0, 0.05) is 6.54 Å². The summed E-state index contributed by atoms with van der Waals surface area (Å²) < 4.78 is 6.83. The molecule has 0 aliphatic carbocycles. The highest BCUT2D eigenvalue weighted by molar-refractivity contribution is 5.72. The third kappa shape index (κ3) is 2.17. The zero-order chi connectivity index (χ0) is 11.4. The summed E-state index contributed by atoms with van der Waals surface area (Å²) in [4.78, 5) is 11.6. The van der Waals surface area contributed by atoms with Crippen LogP contribution < -0.4 is 11.5 Å². The molecule has 0 aliphatic rings. The minimum absolute atomic E-state index is 0.269. The van der Waals surface area contributed by atoms with Gasteiger partial charge < -0.3 is 10.2 Å². The van der Waals surface area contributed by atoms with Crippen LogP contribution in [0.1, 0.15) is 19.3 Å². The predicted molar refractivity (Wildman–Crippen MR) is 63.4 cm³/mol. The van der Waals surface area contributed by atoms with Crippen molar-refractivity contribution in [3.05, 3.63) is 34.8 Å². The van der Waals surface area contributed by atoms with Gasteiger partial charge in [0.15, 0.2) is 5.58 Å². The van der Waals surface area contributed by atoms with Gasteiger partial charge in [-0.3, -0.25) is 4.57 Å². The third-order valence-corrected chi connectivity index (χ3v) is 2.66. The molecule has 0 saturated carbocycles. The van der Waals surface area contributed by atoms with E-state index in [-0.39, 0.29) is 5.76 Å². The van der Waals surface area contributed by atoms with E-state index in [1.807, 2.05) is 24.3 Å². The van der Waals surface area contributed by atoms with Crippen molar-refractivity contribution in [1.29, 1.82) is 0 Å². The summed E-state index contributed by atoms with van der Waals surface area (Å²) >= 11 is 0. The van der Waals surface area contributed by atoms with Crippen LogP contribution in [0.3, 0.4) is 0 Å². The van der Waals surface area contributed by atoms with Gasteiger partial charge in [-0.2, -0.15) is 0 Å². The normalized spacial score (nSPS) is 11.1. The predicted octanol–water partition coefficient (Wildman–Crippen LogP) is 1.72. The van der Waals surface area contributed by atoms with E-state index in [4.69, 9.17) is 10.2 Å². The molecule has 0 spiro atoms. The summed E-state index contributed by atoms with van der Waals surface area (Å²) in [5.41, 5.74) is 6.96. The Hall–Kier alpha value is -1.55. The Kier molecular flexibility index (Phi) is 3.41. The van der Waals surface area contributed by atoms with Crippen LogP contribution in [-0.4, -0.2) is 11.1 Å². The number of oxazole rings is 1. The van der Waals surface area contributed by atoms with Gasteiger partial charge in [0.2, 0.25) is 0 Å². The van der Waals surface area contributed by atoms with E-state index in [0.29, 0.717) is 18.7 Å². The van der Waals surface area contributed by atoms with Crippen LogP contribution in [0, 0.1) is 0 Å². The van der Waals surface area contributed by atoms with E-state index >= 15 is 0 Å². The van der Waals surface area contributed by atoms with Crippen molar-refractivity contribution in [3.8, 4) is 0 Å². The van der Waals surface area contributed by atoms with Crippen molar-refractivity contribution in [2.24, 2.45) is 5.73 Å². The number of nitrogens with two attached hydrogens (primary N) is 1. The van der Waals surface area contributed by atoms with Gasteiger partial charge in [-0.25, -0.2) is 4.79 Å². The maximum Gasteiger partial charge on any atom is 0.419 e. The summed E-state index contributed by atoms with van der Waals surface area (Å²) in [5.74, 6) is -0.269. The lowest BCUT2D eigenvalue weighted by atomic mass is 10.2. The Morgan fingerprint density at radius 1 is 1.19 bits per heavy atom. The highest BCUT2D eigenvalue weighted by Crippen LogP contribution is 2.12. The van der Waals surface area contributed by atoms with Crippen LogP contribution >= 0.6 is 0 Å². The number of aromatic nitrogens is 1. The number of fused-ring (bicyclic) bond motifs is 1. The number of rotatable bonds is 5. The SMILES string of the molecule is NCCCCCn1c(=O)oc2ccccc21. The molecule has 2 aromatic rings. The Labute approximate surface area is 93.7 Å². The van der Waals surface area contributed by atoms with E-state index in [1.165, 1.54) is 0 Å². The molecule has 16 heavy (non-hydrogen) atoms. The van der Waals surface area contributed by atoms with Gasteiger partial charge in [0.25, 0.3) is 0 Å². The fourth-order valence-electron chi connectivity index (χ4n) is 1.82. The van der Waals surface area contributed by atoms with Crippen molar-refractivity contribution in [3.63, 3.8) is 0 Å². The molecule has 0 amide bonds. The van der Waals surface area contributed by atoms with Crippen molar-refractivity contribution in [2.45, 2.75) is 25.8 Å². The molecule has 4 nitrogen and oxygen atoms in total. The fourth-order valence-corrected chi connectivity index (χ4v) is 1.82. The molecule has 0 atom stereocenters. The fraction of sp³-hybridized carbons (Fsp3) is 0.417. The van der Waals surface area contributed by atoms with Gasteiger partial charge in [0.1, 0.15) is 0 Å². The lowest BCUT2D eigenvalue weighted by Crippen LogP contribution is -2.14. The number of unbranched alkanes of at least 4 members (excludes halogenated alkanes) is 2. The number of nitrogens with zero attached hydrogens (tertiary/aromatic N) is 1. The summed E-state index contributed by atoms with van der Waals surface area (Å²) in [6, 6.07) is 7.49. The average molecular weight is 220 g/mol. The molecule has 1 heterocycles. The first-order valence-corrected chi connectivity index (χ1v) is 5.61. The van der Waals surface area contributed by atoms with Gasteiger partial charge in [-0.15, -0.1) is 0 Å². The molecule has 4 heteroatoms. The monoisotopic (exact) mass is 220 g/mol. The molecule has 0 bridgehead atoms. The van der Waals surface area contributed by atoms with E-state index in [9.17, 15) is 4.79 Å². The maximum atomic E-state index is 11.6. The molecule has 86 valence electrons. The second-order valence-corrected chi connectivity index (χ2v) is 3.84. The number of hydrogen-bond donors (Lipinski definition) is 1. The lowest BCUT2D eigenvalue weighted by Gasteiger charge is -2.01. The zero-order valence-electron chi connectivity index (χ0n) is 9.19. The number of benzene rings is 1. The van der Waals surface area contributed by atoms with Crippen LogP contribution in [-0.2, 0) is 6.54 Å². The standard InChI is InChI=1S/C12H16N2O2/c13-8-4-1-5-9-14-10-6-2-3-7-11(10)16-12(14)15/h2-3,6-7H,1,4-5,8-9,13H2. The molecule has 0 saturated heterocycles.